The van der Waals surface area contributed by atoms with E-state index < -0.39 is 0 Å². The van der Waals surface area contributed by atoms with Gasteiger partial charge in [-0.15, -0.1) is 12.4 Å². The molecule has 2 aromatic heterocycles. The zero-order valence-electron chi connectivity index (χ0n) is 9.93. The summed E-state index contributed by atoms with van der Waals surface area (Å²) in [6.07, 6.45) is 4.82. The van der Waals surface area contributed by atoms with Crippen LogP contribution in [0, 0.1) is 0 Å². The fourth-order valence-electron chi connectivity index (χ4n) is 1.58. The summed E-state index contributed by atoms with van der Waals surface area (Å²) < 4.78 is 7.20. The Morgan fingerprint density at radius 1 is 1.35 bits per heavy atom. The maximum atomic E-state index is 5.23. The summed E-state index contributed by atoms with van der Waals surface area (Å²) in [5.41, 5.74) is 1.07. The van der Waals surface area contributed by atoms with E-state index in [4.69, 9.17) is 4.42 Å². The van der Waals surface area contributed by atoms with Crippen molar-refractivity contribution < 1.29 is 4.42 Å². The van der Waals surface area contributed by atoms with Crippen molar-refractivity contribution in [3.8, 4) is 0 Å². The van der Waals surface area contributed by atoms with Gasteiger partial charge in [-0.2, -0.15) is 5.10 Å². The first-order valence-electron chi connectivity index (χ1n) is 5.64. The third-order valence-electron chi connectivity index (χ3n) is 2.33. The van der Waals surface area contributed by atoms with Gasteiger partial charge in [0.2, 0.25) is 0 Å². The molecule has 2 heterocycles. The second-order valence-electron chi connectivity index (χ2n) is 3.75. The van der Waals surface area contributed by atoms with E-state index in [1.54, 1.807) is 6.26 Å². The molecular weight excluding hydrogens is 238 g/mol. The Morgan fingerprint density at radius 3 is 2.94 bits per heavy atom. The summed E-state index contributed by atoms with van der Waals surface area (Å²) in [5, 5.41) is 7.73. The molecule has 0 atom stereocenters. The third kappa shape index (κ3) is 4.24. The van der Waals surface area contributed by atoms with Gasteiger partial charge >= 0.3 is 0 Å². The Labute approximate surface area is 107 Å². The first-order valence-corrected chi connectivity index (χ1v) is 5.64. The van der Waals surface area contributed by atoms with Crippen LogP contribution in [0.2, 0.25) is 0 Å². The van der Waals surface area contributed by atoms with E-state index in [1.807, 2.05) is 29.1 Å². The summed E-state index contributed by atoms with van der Waals surface area (Å²) in [6, 6.07) is 5.90. The van der Waals surface area contributed by atoms with Crippen molar-refractivity contribution in [2.24, 2.45) is 0 Å². The van der Waals surface area contributed by atoms with E-state index in [9.17, 15) is 0 Å². The van der Waals surface area contributed by atoms with Crippen molar-refractivity contribution >= 4 is 12.4 Å². The number of hydrogen-bond donors (Lipinski definition) is 1. The third-order valence-corrected chi connectivity index (χ3v) is 2.33. The number of nitrogens with one attached hydrogen (secondary N) is 1. The Balaban J connectivity index is 0.00000144. The van der Waals surface area contributed by atoms with Gasteiger partial charge in [-0.05, 0) is 24.6 Å². The molecule has 94 valence electrons. The van der Waals surface area contributed by atoms with E-state index in [0.29, 0.717) is 0 Å². The number of hydrogen-bond acceptors (Lipinski definition) is 3. The van der Waals surface area contributed by atoms with Crippen molar-refractivity contribution in [3.63, 3.8) is 0 Å². The minimum atomic E-state index is 0. The molecule has 4 nitrogen and oxygen atoms in total. The summed E-state index contributed by atoms with van der Waals surface area (Å²) in [6.45, 7) is 4.65. The molecule has 0 fully saturated rings. The Hall–Kier alpha value is -1.26. The quantitative estimate of drug-likeness (QED) is 0.863. The number of halogens is 1. The van der Waals surface area contributed by atoms with Crippen LogP contribution in [0.3, 0.4) is 0 Å². The lowest BCUT2D eigenvalue weighted by Gasteiger charge is -2.00. The van der Waals surface area contributed by atoms with Crippen LogP contribution in [-0.4, -0.2) is 9.78 Å². The van der Waals surface area contributed by atoms with Crippen LogP contribution in [0.15, 0.2) is 35.1 Å². The predicted octanol–water partition coefficient (Wildman–Crippen LogP) is 2.60. The van der Waals surface area contributed by atoms with Crippen LogP contribution in [0.25, 0.3) is 0 Å². The number of aryl methyl sites for hydroxylation is 1. The molecule has 0 unspecified atom stereocenters. The molecule has 2 rings (SSSR count). The number of aromatic nitrogens is 2. The SMILES string of the molecule is CCCn1ccc(CNCc2ccco2)n1.Cl. The molecule has 0 spiro atoms. The molecule has 2 aromatic rings. The molecule has 0 radical (unpaired) electrons. The molecule has 0 amide bonds. The van der Waals surface area contributed by atoms with Crippen LogP contribution in [-0.2, 0) is 19.6 Å². The van der Waals surface area contributed by atoms with Crippen LogP contribution in [0.1, 0.15) is 24.8 Å². The summed E-state index contributed by atoms with van der Waals surface area (Å²) in [5.74, 6) is 0.952. The molecule has 0 bridgehead atoms. The van der Waals surface area contributed by atoms with E-state index >= 15 is 0 Å². The summed E-state index contributed by atoms with van der Waals surface area (Å²) >= 11 is 0. The maximum absolute atomic E-state index is 5.23. The van der Waals surface area contributed by atoms with Gasteiger partial charge in [0.05, 0.1) is 18.5 Å². The second kappa shape index (κ2) is 7.14. The van der Waals surface area contributed by atoms with Crippen LogP contribution < -0.4 is 5.32 Å². The lowest BCUT2D eigenvalue weighted by Crippen LogP contribution is -2.13. The van der Waals surface area contributed by atoms with Crippen molar-refractivity contribution in [3.05, 3.63) is 42.1 Å². The van der Waals surface area contributed by atoms with Gasteiger partial charge in [0.1, 0.15) is 5.76 Å². The molecule has 0 saturated carbocycles. The zero-order valence-corrected chi connectivity index (χ0v) is 10.7. The van der Waals surface area contributed by atoms with Gasteiger partial charge in [-0.3, -0.25) is 4.68 Å². The molecule has 1 N–H and O–H groups in total. The molecule has 0 aromatic carbocycles. The highest BCUT2D eigenvalue weighted by atomic mass is 35.5. The number of furan rings is 1. The molecule has 0 aliphatic heterocycles. The van der Waals surface area contributed by atoms with Crippen molar-refractivity contribution in [1.29, 1.82) is 0 Å². The van der Waals surface area contributed by atoms with Crippen molar-refractivity contribution in [2.45, 2.75) is 33.0 Å². The van der Waals surface area contributed by atoms with Gasteiger partial charge in [0.25, 0.3) is 0 Å². The predicted molar refractivity (Wildman–Crippen MR) is 69.0 cm³/mol. The van der Waals surface area contributed by atoms with Crippen LogP contribution >= 0.6 is 12.4 Å². The Kier molecular flexibility index (Phi) is 5.80. The minimum Gasteiger partial charge on any atom is -0.468 e. The van der Waals surface area contributed by atoms with E-state index in [0.717, 1.165) is 37.5 Å². The minimum absolute atomic E-state index is 0. The van der Waals surface area contributed by atoms with Crippen LogP contribution in [0.4, 0.5) is 0 Å². The van der Waals surface area contributed by atoms with Gasteiger partial charge in [-0.1, -0.05) is 6.92 Å². The average molecular weight is 256 g/mol. The molecule has 17 heavy (non-hydrogen) atoms. The van der Waals surface area contributed by atoms with Gasteiger partial charge in [-0.25, -0.2) is 0 Å². The van der Waals surface area contributed by atoms with Crippen molar-refractivity contribution in [2.75, 3.05) is 0 Å². The smallest absolute Gasteiger partial charge is 0.117 e. The van der Waals surface area contributed by atoms with Crippen molar-refractivity contribution in [1.82, 2.24) is 15.1 Å². The lowest BCUT2D eigenvalue weighted by molar-refractivity contribution is 0.480. The molecule has 0 aliphatic carbocycles. The highest BCUT2D eigenvalue weighted by Gasteiger charge is 1.99. The van der Waals surface area contributed by atoms with E-state index in [1.165, 1.54) is 0 Å². The monoisotopic (exact) mass is 255 g/mol. The van der Waals surface area contributed by atoms with Gasteiger partial charge < -0.3 is 9.73 Å². The average Bonchev–Trinajstić information content (AvgIpc) is 2.90. The first kappa shape index (κ1) is 13.8. The molecule has 0 aliphatic rings. The molecule has 0 saturated heterocycles. The van der Waals surface area contributed by atoms with Gasteiger partial charge in [0.15, 0.2) is 0 Å². The number of rotatable bonds is 6. The maximum Gasteiger partial charge on any atom is 0.117 e. The fraction of sp³-hybridized carbons (Fsp3) is 0.417. The topological polar surface area (TPSA) is 43.0 Å². The Bertz CT molecular complexity index is 411. The van der Waals surface area contributed by atoms with Gasteiger partial charge in [0, 0.05) is 19.3 Å². The highest BCUT2D eigenvalue weighted by Crippen LogP contribution is 2.00. The van der Waals surface area contributed by atoms with E-state index in [2.05, 4.69) is 17.3 Å². The zero-order chi connectivity index (χ0) is 11.2. The molecular formula is C12H18ClN3O. The Morgan fingerprint density at radius 2 is 2.24 bits per heavy atom. The lowest BCUT2D eigenvalue weighted by atomic mass is 10.4. The highest BCUT2D eigenvalue weighted by molar-refractivity contribution is 5.85. The second-order valence-corrected chi connectivity index (χ2v) is 3.75. The normalized spacial score (nSPS) is 10.2. The number of nitrogens with zero attached hydrogens (tertiary/aromatic N) is 2. The summed E-state index contributed by atoms with van der Waals surface area (Å²) in [7, 11) is 0. The standard InChI is InChI=1S/C12H17N3O.ClH/c1-2-6-15-7-5-11(14-15)9-13-10-12-4-3-8-16-12;/h3-5,7-8,13H,2,6,9-10H2,1H3;1H. The largest absolute Gasteiger partial charge is 0.468 e. The summed E-state index contributed by atoms with van der Waals surface area (Å²) in [4.78, 5) is 0. The first-order chi connectivity index (χ1) is 7.88. The molecule has 5 heteroatoms. The van der Waals surface area contributed by atoms with Crippen LogP contribution in [0.5, 0.6) is 0 Å². The fourth-order valence-corrected chi connectivity index (χ4v) is 1.58. The van der Waals surface area contributed by atoms with E-state index in [-0.39, 0.29) is 12.4 Å².